The molecule has 1 atom stereocenters. The predicted molar refractivity (Wildman–Crippen MR) is 76.8 cm³/mol. The molecule has 1 heterocycles. The standard InChI is InChI=1S/C14H21NO4S/c1-4-7-14(12(16)17,13(18)19-5-2)8-6-11-10(3)15-9-20-11/h9H,4-8H2,1-3H3,(H,16,17). The first-order valence-electron chi connectivity index (χ1n) is 6.77. The minimum atomic E-state index is -1.44. The first kappa shape index (κ1) is 16.6. The van der Waals surface area contributed by atoms with Crippen LogP contribution in [0.5, 0.6) is 0 Å². The summed E-state index contributed by atoms with van der Waals surface area (Å²) < 4.78 is 4.99. The zero-order chi connectivity index (χ0) is 15.2. The number of thiazole rings is 1. The number of carboxylic acids is 1. The minimum Gasteiger partial charge on any atom is -0.480 e. The van der Waals surface area contributed by atoms with E-state index in [4.69, 9.17) is 4.74 Å². The maximum atomic E-state index is 12.1. The highest BCUT2D eigenvalue weighted by Crippen LogP contribution is 2.33. The van der Waals surface area contributed by atoms with E-state index in [1.54, 1.807) is 12.4 Å². The lowest BCUT2D eigenvalue weighted by atomic mass is 9.79. The summed E-state index contributed by atoms with van der Waals surface area (Å²) in [6.07, 6.45) is 1.69. The number of esters is 1. The lowest BCUT2D eigenvalue weighted by Crippen LogP contribution is -2.41. The van der Waals surface area contributed by atoms with Gasteiger partial charge in [-0.25, -0.2) is 4.98 Å². The summed E-state index contributed by atoms with van der Waals surface area (Å²) in [7, 11) is 0. The molecule has 0 spiro atoms. The van der Waals surface area contributed by atoms with Gasteiger partial charge in [0.05, 0.1) is 17.8 Å². The Morgan fingerprint density at radius 3 is 2.55 bits per heavy atom. The van der Waals surface area contributed by atoms with Crippen LogP contribution in [-0.4, -0.2) is 28.6 Å². The Bertz CT molecular complexity index is 471. The van der Waals surface area contributed by atoms with Crippen LogP contribution in [0.3, 0.4) is 0 Å². The second-order valence-electron chi connectivity index (χ2n) is 4.72. The van der Waals surface area contributed by atoms with Crippen molar-refractivity contribution in [2.75, 3.05) is 6.61 Å². The number of hydrogen-bond donors (Lipinski definition) is 1. The Labute approximate surface area is 123 Å². The number of aryl methyl sites for hydroxylation is 2. The molecule has 0 saturated heterocycles. The van der Waals surface area contributed by atoms with Crippen LogP contribution >= 0.6 is 11.3 Å². The van der Waals surface area contributed by atoms with E-state index < -0.39 is 17.4 Å². The molecule has 20 heavy (non-hydrogen) atoms. The molecule has 1 aromatic rings. The van der Waals surface area contributed by atoms with Crippen molar-refractivity contribution in [2.24, 2.45) is 5.41 Å². The van der Waals surface area contributed by atoms with Gasteiger partial charge in [0.25, 0.3) is 0 Å². The van der Waals surface area contributed by atoms with Crippen LogP contribution in [-0.2, 0) is 20.7 Å². The third-order valence-electron chi connectivity index (χ3n) is 3.38. The molecule has 6 heteroatoms. The fraction of sp³-hybridized carbons (Fsp3) is 0.643. The Morgan fingerprint density at radius 2 is 2.10 bits per heavy atom. The molecule has 0 saturated carbocycles. The van der Waals surface area contributed by atoms with Gasteiger partial charge in [-0.15, -0.1) is 11.3 Å². The normalized spacial score (nSPS) is 13.8. The number of hydrogen-bond acceptors (Lipinski definition) is 5. The van der Waals surface area contributed by atoms with Crippen molar-refractivity contribution in [3.63, 3.8) is 0 Å². The molecule has 0 radical (unpaired) electrons. The van der Waals surface area contributed by atoms with E-state index in [-0.39, 0.29) is 13.0 Å². The summed E-state index contributed by atoms with van der Waals surface area (Å²) in [6, 6.07) is 0. The lowest BCUT2D eigenvalue weighted by molar-refractivity contribution is -0.169. The van der Waals surface area contributed by atoms with Gasteiger partial charge in [-0.3, -0.25) is 9.59 Å². The average Bonchev–Trinajstić information content (AvgIpc) is 2.80. The molecule has 1 N–H and O–H groups in total. The SMILES string of the molecule is CCCC(CCc1scnc1C)(C(=O)O)C(=O)OCC. The van der Waals surface area contributed by atoms with Gasteiger partial charge < -0.3 is 9.84 Å². The van der Waals surface area contributed by atoms with Gasteiger partial charge in [-0.1, -0.05) is 13.3 Å². The van der Waals surface area contributed by atoms with Gasteiger partial charge in [0.1, 0.15) is 0 Å². The first-order valence-corrected chi connectivity index (χ1v) is 7.65. The van der Waals surface area contributed by atoms with Crippen molar-refractivity contribution in [2.45, 2.75) is 46.5 Å². The minimum absolute atomic E-state index is 0.192. The Kier molecular flexibility index (Phi) is 6.13. The van der Waals surface area contributed by atoms with Crippen molar-refractivity contribution in [3.05, 3.63) is 16.1 Å². The van der Waals surface area contributed by atoms with Crippen LogP contribution in [0.4, 0.5) is 0 Å². The largest absolute Gasteiger partial charge is 0.480 e. The van der Waals surface area contributed by atoms with Gasteiger partial charge in [0.15, 0.2) is 5.41 Å². The Balaban J connectivity index is 2.94. The molecule has 1 aromatic heterocycles. The lowest BCUT2D eigenvalue weighted by Gasteiger charge is -2.26. The highest BCUT2D eigenvalue weighted by Gasteiger charge is 2.46. The van der Waals surface area contributed by atoms with E-state index in [0.29, 0.717) is 19.3 Å². The molecule has 5 nitrogen and oxygen atoms in total. The highest BCUT2D eigenvalue weighted by atomic mass is 32.1. The third kappa shape index (κ3) is 3.56. The predicted octanol–water partition coefficient (Wildman–Crippen LogP) is 2.82. The van der Waals surface area contributed by atoms with Crippen molar-refractivity contribution >= 4 is 23.3 Å². The van der Waals surface area contributed by atoms with Crippen molar-refractivity contribution in [1.29, 1.82) is 0 Å². The van der Waals surface area contributed by atoms with Gasteiger partial charge >= 0.3 is 11.9 Å². The van der Waals surface area contributed by atoms with E-state index in [2.05, 4.69) is 4.98 Å². The van der Waals surface area contributed by atoms with Gasteiger partial charge in [0, 0.05) is 4.88 Å². The summed E-state index contributed by atoms with van der Waals surface area (Å²) in [5.74, 6) is -1.73. The second kappa shape index (κ2) is 7.38. The average molecular weight is 299 g/mol. The summed E-state index contributed by atoms with van der Waals surface area (Å²) in [5, 5.41) is 9.54. The number of ether oxygens (including phenoxy) is 1. The van der Waals surface area contributed by atoms with Gasteiger partial charge in [-0.2, -0.15) is 0 Å². The molecule has 0 aliphatic heterocycles. The number of carboxylic acid groups (broad SMARTS) is 1. The molecule has 0 fully saturated rings. The van der Waals surface area contributed by atoms with E-state index in [0.717, 1.165) is 10.6 Å². The molecule has 112 valence electrons. The van der Waals surface area contributed by atoms with E-state index >= 15 is 0 Å². The molecule has 1 unspecified atom stereocenters. The second-order valence-corrected chi connectivity index (χ2v) is 5.66. The molecular weight excluding hydrogens is 278 g/mol. The van der Waals surface area contributed by atoms with Crippen LogP contribution in [0.15, 0.2) is 5.51 Å². The van der Waals surface area contributed by atoms with Crippen LogP contribution in [0, 0.1) is 12.3 Å². The van der Waals surface area contributed by atoms with E-state index in [1.807, 2.05) is 13.8 Å². The fourth-order valence-corrected chi connectivity index (χ4v) is 3.00. The summed E-state index contributed by atoms with van der Waals surface area (Å²) >= 11 is 1.49. The molecule has 0 aliphatic rings. The third-order valence-corrected chi connectivity index (χ3v) is 4.37. The molecule has 0 bridgehead atoms. The molecule has 0 amide bonds. The topological polar surface area (TPSA) is 76.5 Å². The van der Waals surface area contributed by atoms with Gasteiger partial charge in [0.2, 0.25) is 0 Å². The van der Waals surface area contributed by atoms with Crippen molar-refractivity contribution in [1.82, 2.24) is 4.98 Å². The summed E-state index contributed by atoms with van der Waals surface area (Å²) in [5.41, 5.74) is 1.19. The quantitative estimate of drug-likeness (QED) is 0.590. The number of carbonyl (C=O) groups excluding carboxylic acids is 1. The van der Waals surface area contributed by atoms with Crippen LogP contribution < -0.4 is 0 Å². The fourth-order valence-electron chi connectivity index (χ4n) is 2.22. The molecule has 0 aromatic carbocycles. The summed E-state index contributed by atoms with van der Waals surface area (Å²) in [4.78, 5) is 29.0. The van der Waals surface area contributed by atoms with Crippen LogP contribution in [0.25, 0.3) is 0 Å². The van der Waals surface area contributed by atoms with Crippen LogP contribution in [0.1, 0.15) is 43.7 Å². The summed E-state index contributed by atoms with van der Waals surface area (Å²) in [6.45, 7) is 5.63. The monoisotopic (exact) mass is 299 g/mol. The van der Waals surface area contributed by atoms with Crippen molar-refractivity contribution < 1.29 is 19.4 Å². The maximum absolute atomic E-state index is 12.1. The Hall–Kier alpha value is -1.43. The van der Waals surface area contributed by atoms with E-state index in [1.165, 1.54) is 11.3 Å². The number of rotatable bonds is 8. The number of carbonyl (C=O) groups is 2. The van der Waals surface area contributed by atoms with Crippen LogP contribution in [0.2, 0.25) is 0 Å². The Morgan fingerprint density at radius 1 is 1.40 bits per heavy atom. The highest BCUT2D eigenvalue weighted by molar-refractivity contribution is 7.09. The van der Waals surface area contributed by atoms with Gasteiger partial charge in [-0.05, 0) is 33.1 Å². The van der Waals surface area contributed by atoms with E-state index in [9.17, 15) is 14.7 Å². The zero-order valence-corrected chi connectivity index (χ0v) is 13.0. The van der Waals surface area contributed by atoms with Crippen molar-refractivity contribution in [3.8, 4) is 0 Å². The number of aromatic nitrogens is 1. The maximum Gasteiger partial charge on any atom is 0.323 e. The smallest absolute Gasteiger partial charge is 0.323 e. The first-order chi connectivity index (χ1) is 9.47. The molecule has 1 rings (SSSR count). The molecule has 0 aliphatic carbocycles. The zero-order valence-electron chi connectivity index (χ0n) is 12.1. The number of nitrogens with zero attached hydrogens (tertiary/aromatic N) is 1. The molecular formula is C14H21NO4S. The number of aliphatic carboxylic acids is 1.